The van der Waals surface area contributed by atoms with E-state index in [2.05, 4.69) is 58.5 Å². The van der Waals surface area contributed by atoms with Crippen LogP contribution in [0.25, 0.3) is 6.08 Å². The number of nitrogens with zero attached hydrogens (tertiary/aromatic N) is 2. The third-order valence-electron chi connectivity index (χ3n) is 6.52. The van der Waals surface area contributed by atoms with Crippen molar-refractivity contribution in [3.8, 4) is 0 Å². The second kappa shape index (κ2) is 11.3. The van der Waals surface area contributed by atoms with Gasteiger partial charge in [0.05, 0.1) is 0 Å². The highest BCUT2D eigenvalue weighted by Crippen LogP contribution is 2.20. The molecule has 6 heteroatoms. The zero-order chi connectivity index (χ0) is 23.9. The van der Waals surface area contributed by atoms with Gasteiger partial charge < -0.3 is 15.5 Å². The number of carbonyl (C=O) groups is 2. The predicted octanol–water partition coefficient (Wildman–Crippen LogP) is 3.62. The molecule has 180 valence electrons. The molecule has 1 unspecified atom stereocenters. The van der Waals surface area contributed by atoms with Gasteiger partial charge >= 0.3 is 0 Å². The molecular weight excluding hydrogens is 424 g/mol. The fourth-order valence-electron chi connectivity index (χ4n) is 4.21. The van der Waals surface area contributed by atoms with Gasteiger partial charge in [0.25, 0.3) is 5.91 Å². The Bertz CT molecular complexity index is 1010. The standard InChI is InChI=1S/C28H36N4O2/c1-21-4-3-5-26(20-21)32-18-16-31(17-19-32)15-14-22(2)29-27(33)13-8-23-6-9-24(10-7-23)28(34)30-25-11-12-25/h3-10,13,20,22,25H,11-12,14-19H2,1-2H3,(H,29,33)(H,30,34)/b13-8+. The molecule has 4 rings (SSSR count). The van der Waals surface area contributed by atoms with Crippen molar-refractivity contribution in [2.75, 3.05) is 37.6 Å². The number of rotatable bonds is 9. The first-order valence-electron chi connectivity index (χ1n) is 12.4. The zero-order valence-electron chi connectivity index (χ0n) is 20.3. The predicted molar refractivity (Wildman–Crippen MR) is 138 cm³/mol. The zero-order valence-corrected chi connectivity index (χ0v) is 20.3. The quantitative estimate of drug-likeness (QED) is 0.561. The Morgan fingerprint density at radius 2 is 1.79 bits per heavy atom. The maximum Gasteiger partial charge on any atom is 0.251 e. The summed E-state index contributed by atoms with van der Waals surface area (Å²) >= 11 is 0. The summed E-state index contributed by atoms with van der Waals surface area (Å²) in [4.78, 5) is 29.3. The van der Waals surface area contributed by atoms with Crippen molar-refractivity contribution in [2.45, 2.75) is 45.2 Å². The SMILES string of the molecule is Cc1cccc(N2CCN(CCC(C)NC(=O)/C=C/c3ccc(C(=O)NC4CC4)cc3)CC2)c1. The summed E-state index contributed by atoms with van der Waals surface area (Å²) in [5.41, 5.74) is 4.16. The molecule has 0 radical (unpaired) electrons. The summed E-state index contributed by atoms with van der Waals surface area (Å²) in [6, 6.07) is 16.5. The van der Waals surface area contributed by atoms with Gasteiger partial charge in [-0.1, -0.05) is 24.3 Å². The first-order valence-corrected chi connectivity index (χ1v) is 12.4. The molecule has 2 aromatic rings. The van der Waals surface area contributed by atoms with Crippen LogP contribution in [-0.4, -0.2) is 61.5 Å². The molecule has 2 fully saturated rings. The molecule has 0 aromatic heterocycles. The Morgan fingerprint density at radius 1 is 1.06 bits per heavy atom. The minimum Gasteiger partial charge on any atom is -0.369 e. The van der Waals surface area contributed by atoms with Crippen molar-refractivity contribution in [1.29, 1.82) is 0 Å². The number of benzene rings is 2. The smallest absolute Gasteiger partial charge is 0.251 e. The van der Waals surface area contributed by atoms with Crippen LogP contribution in [0, 0.1) is 6.92 Å². The van der Waals surface area contributed by atoms with Crippen LogP contribution in [-0.2, 0) is 4.79 Å². The van der Waals surface area contributed by atoms with Gasteiger partial charge in [-0.2, -0.15) is 0 Å². The van der Waals surface area contributed by atoms with E-state index in [1.165, 1.54) is 11.3 Å². The van der Waals surface area contributed by atoms with Gasteiger partial charge in [0, 0.05) is 62.1 Å². The average molecular weight is 461 g/mol. The lowest BCUT2D eigenvalue weighted by Gasteiger charge is -2.36. The molecule has 1 saturated heterocycles. The highest BCUT2D eigenvalue weighted by Gasteiger charge is 2.23. The molecular formula is C28H36N4O2. The summed E-state index contributed by atoms with van der Waals surface area (Å²) in [6.45, 7) is 9.34. The molecule has 34 heavy (non-hydrogen) atoms. The van der Waals surface area contributed by atoms with Crippen molar-refractivity contribution < 1.29 is 9.59 Å². The first-order chi connectivity index (χ1) is 16.5. The number of hydrogen-bond acceptors (Lipinski definition) is 4. The molecule has 1 aliphatic heterocycles. The summed E-state index contributed by atoms with van der Waals surface area (Å²) in [5, 5.41) is 6.04. The number of aryl methyl sites for hydroxylation is 1. The lowest BCUT2D eigenvalue weighted by Crippen LogP contribution is -2.47. The van der Waals surface area contributed by atoms with Gasteiger partial charge in [-0.3, -0.25) is 14.5 Å². The summed E-state index contributed by atoms with van der Waals surface area (Å²) in [5.74, 6) is -0.117. The fraction of sp³-hybridized carbons (Fsp3) is 0.429. The second-order valence-electron chi connectivity index (χ2n) is 9.57. The Hall–Kier alpha value is -3.12. The summed E-state index contributed by atoms with van der Waals surface area (Å²) < 4.78 is 0. The van der Waals surface area contributed by atoms with Gasteiger partial charge in [-0.25, -0.2) is 0 Å². The number of carbonyl (C=O) groups excluding carboxylic acids is 2. The van der Waals surface area contributed by atoms with E-state index in [4.69, 9.17) is 0 Å². The summed E-state index contributed by atoms with van der Waals surface area (Å²) in [6.07, 6.45) is 6.43. The monoisotopic (exact) mass is 460 g/mol. The topological polar surface area (TPSA) is 64.7 Å². The number of piperazine rings is 1. The second-order valence-corrected chi connectivity index (χ2v) is 9.57. The molecule has 1 saturated carbocycles. The molecule has 2 amide bonds. The van der Waals surface area contributed by atoms with Crippen LogP contribution in [0.5, 0.6) is 0 Å². The van der Waals surface area contributed by atoms with Gasteiger partial charge in [-0.05, 0) is 74.6 Å². The van der Waals surface area contributed by atoms with Crippen LogP contribution in [0.3, 0.4) is 0 Å². The van der Waals surface area contributed by atoms with E-state index in [0.29, 0.717) is 11.6 Å². The Kier molecular flexibility index (Phi) is 8.01. The van der Waals surface area contributed by atoms with E-state index in [1.54, 1.807) is 24.3 Å². The minimum atomic E-state index is -0.0904. The Morgan fingerprint density at radius 3 is 2.47 bits per heavy atom. The maximum atomic E-state index is 12.3. The number of hydrogen-bond donors (Lipinski definition) is 2. The van der Waals surface area contributed by atoms with Crippen LogP contribution in [0.2, 0.25) is 0 Å². The van der Waals surface area contributed by atoms with E-state index in [0.717, 1.165) is 57.5 Å². The molecule has 0 bridgehead atoms. The third-order valence-corrected chi connectivity index (χ3v) is 6.52. The molecule has 1 atom stereocenters. The van der Waals surface area contributed by atoms with Crippen LogP contribution in [0.15, 0.2) is 54.6 Å². The minimum absolute atomic E-state index is 0.0267. The van der Waals surface area contributed by atoms with Gasteiger partial charge in [0.2, 0.25) is 5.91 Å². The molecule has 6 nitrogen and oxygen atoms in total. The number of amides is 2. The number of anilines is 1. The normalized spacial score (nSPS) is 17.5. The van der Waals surface area contributed by atoms with Crippen molar-refractivity contribution in [3.63, 3.8) is 0 Å². The number of nitrogens with one attached hydrogen (secondary N) is 2. The molecule has 1 aliphatic carbocycles. The molecule has 2 N–H and O–H groups in total. The van der Waals surface area contributed by atoms with Crippen molar-refractivity contribution in [1.82, 2.24) is 15.5 Å². The lowest BCUT2D eigenvalue weighted by molar-refractivity contribution is -0.117. The summed E-state index contributed by atoms with van der Waals surface area (Å²) in [7, 11) is 0. The molecule has 0 spiro atoms. The van der Waals surface area contributed by atoms with E-state index in [-0.39, 0.29) is 17.9 Å². The highest BCUT2D eigenvalue weighted by molar-refractivity contribution is 5.95. The van der Waals surface area contributed by atoms with E-state index >= 15 is 0 Å². The van der Waals surface area contributed by atoms with Crippen LogP contribution < -0.4 is 15.5 Å². The highest BCUT2D eigenvalue weighted by atomic mass is 16.2. The van der Waals surface area contributed by atoms with Crippen LogP contribution in [0.1, 0.15) is 47.7 Å². The Balaban J connectivity index is 1.15. The van der Waals surface area contributed by atoms with Crippen molar-refractivity contribution in [2.24, 2.45) is 0 Å². The lowest BCUT2D eigenvalue weighted by atomic mass is 10.1. The van der Waals surface area contributed by atoms with E-state index < -0.39 is 0 Å². The van der Waals surface area contributed by atoms with Crippen molar-refractivity contribution in [3.05, 3.63) is 71.3 Å². The van der Waals surface area contributed by atoms with E-state index in [9.17, 15) is 9.59 Å². The third kappa shape index (κ3) is 7.19. The largest absolute Gasteiger partial charge is 0.369 e. The molecule has 1 heterocycles. The first kappa shape index (κ1) is 24.0. The average Bonchev–Trinajstić information content (AvgIpc) is 3.66. The Labute approximate surface area is 203 Å². The van der Waals surface area contributed by atoms with Crippen LogP contribution >= 0.6 is 0 Å². The molecule has 2 aromatic carbocycles. The van der Waals surface area contributed by atoms with Gasteiger partial charge in [0.1, 0.15) is 0 Å². The maximum absolute atomic E-state index is 12.3. The fourth-order valence-corrected chi connectivity index (χ4v) is 4.21. The van der Waals surface area contributed by atoms with E-state index in [1.807, 2.05) is 12.1 Å². The van der Waals surface area contributed by atoms with Gasteiger partial charge in [-0.15, -0.1) is 0 Å². The molecule has 2 aliphatic rings. The van der Waals surface area contributed by atoms with Gasteiger partial charge in [0.15, 0.2) is 0 Å². The van der Waals surface area contributed by atoms with Crippen molar-refractivity contribution >= 4 is 23.6 Å². The van der Waals surface area contributed by atoms with Crippen LogP contribution in [0.4, 0.5) is 5.69 Å².